The molecule has 1 fully saturated rings. The van der Waals surface area contributed by atoms with Crippen molar-refractivity contribution in [3.05, 3.63) is 24.3 Å². The average Bonchev–Trinajstić information content (AvgIpc) is 2.55. The van der Waals surface area contributed by atoms with E-state index >= 15 is 0 Å². The van der Waals surface area contributed by atoms with Gasteiger partial charge >= 0.3 is 0 Å². The van der Waals surface area contributed by atoms with Gasteiger partial charge in [0.25, 0.3) is 11.8 Å². The van der Waals surface area contributed by atoms with E-state index in [1.54, 1.807) is 7.11 Å². The molecule has 1 aromatic carbocycles. The van der Waals surface area contributed by atoms with Crippen LogP contribution in [0.4, 0.5) is 0 Å². The molecule has 1 atom stereocenters. The van der Waals surface area contributed by atoms with Gasteiger partial charge in [0.1, 0.15) is 0 Å². The molecule has 0 amide bonds. The maximum absolute atomic E-state index is 5.80. The first-order valence-corrected chi connectivity index (χ1v) is 7.54. The largest absolute Gasteiger partial charge is 0.477 e. The zero-order valence-corrected chi connectivity index (χ0v) is 12.3. The molecule has 0 bridgehead atoms. The Kier molecular flexibility index (Phi) is 4.50. The molecule has 2 heterocycles. The number of aromatic nitrogens is 2. The van der Waals surface area contributed by atoms with Crippen LogP contribution in [-0.4, -0.2) is 36.3 Å². The van der Waals surface area contributed by atoms with Gasteiger partial charge in [0, 0.05) is 6.04 Å². The molecule has 0 aliphatic carbocycles. The summed E-state index contributed by atoms with van der Waals surface area (Å²) in [6, 6.07) is 8.28. The molecule has 1 saturated heterocycles. The molecule has 0 radical (unpaired) electrons. The monoisotopic (exact) mass is 287 g/mol. The van der Waals surface area contributed by atoms with E-state index in [-0.39, 0.29) is 0 Å². The summed E-state index contributed by atoms with van der Waals surface area (Å²) in [5.41, 5.74) is 1.64. The van der Waals surface area contributed by atoms with E-state index in [4.69, 9.17) is 9.47 Å². The first-order valence-electron chi connectivity index (χ1n) is 7.54. The lowest BCUT2D eigenvalue weighted by Gasteiger charge is -2.23. The number of nitrogens with one attached hydrogen (secondary N) is 1. The average molecular weight is 287 g/mol. The Morgan fingerprint density at radius 2 is 1.90 bits per heavy atom. The van der Waals surface area contributed by atoms with Crippen molar-refractivity contribution < 1.29 is 9.47 Å². The maximum atomic E-state index is 5.80. The minimum Gasteiger partial charge on any atom is -0.477 e. The molecule has 5 heteroatoms. The van der Waals surface area contributed by atoms with Gasteiger partial charge in [-0.25, -0.2) is 9.97 Å². The Morgan fingerprint density at radius 1 is 1.14 bits per heavy atom. The maximum Gasteiger partial charge on any atom is 0.278 e. The zero-order valence-electron chi connectivity index (χ0n) is 12.3. The normalized spacial score (nSPS) is 18.6. The van der Waals surface area contributed by atoms with Gasteiger partial charge in [-0.05, 0) is 37.9 Å². The minimum absolute atomic E-state index is 0.449. The summed E-state index contributed by atoms with van der Waals surface area (Å²) in [6.45, 7) is 1.74. The van der Waals surface area contributed by atoms with E-state index in [9.17, 15) is 0 Å². The highest BCUT2D eigenvalue weighted by atomic mass is 16.5. The third kappa shape index (κ3) is 3.42. The second-order valence-electron chi connectivity index (χ2n) is 5.31. The van der Waals surface area contributed by atoms with E-state index in [1.807, 2.05) is 24.3 Å². The summed E-state index contributed by atoms with van der Waals surface area (Å²) in [5.74, 6) is 0.928. The summed E-state index contributed by atoms with van der Waals surface area (Å²) in [5, 5.41) is 3.52. The minimum atomic E-state index is 0.449. The summed E-state index contributed by atoms with van der Waals surface area (Å²) >= 11 is 0. The highest BCUT2D eigenvalue weighted by Gasteiger charge is 2.14. The highest BCUT2D eigenvalue weighted by Crippen LogP contribution is 2.25. The first kappa shape index (κ1) is 14.1. The van der Waals surface area contributed by atoms with Crippen LogP contribution in [0.15, 0.2) is 24.3 Å². The molecular formula is C16H21N3O2. The number of ether oxygens (including phenoxy) is 2. The summed E-state index contributed by atoms with van der Waals surface area (Å²) in [6.07, 6.45) is 4.79. The van der Waals surface area contributed by atoms with Crippen molar-refractivity contribution in [2.75, 3.05) is 20.3 Å². The van der Waals surface area contributed by atoms with Crippen molar-refractivity contribution >= 4 is 11.0 Å². The lowest BCUT2D eigenvalue weighted by Crippen LogP contribution is -2.35. The van der Waals surface area contributed by atoms with Gasteiger partial charge in [0.15, 0.2) is 0 Å². The fraction of sp³-hybridized carbons (Fsp3) is 0.500. The number of piperidine rings is 1. The van der Waals surface area contributed by atoms with Crippen molar-refractivity contribution in [1.29, 1.82) is 0 Å². The molecule has 1 aliphatic heterocycles. The molecule has 3 rings (SSSR count). The van der Waals surface area contributed by atoms with Crippen molar-refractivity contribution in [2.24, 2.45) is 0 Å². The number of methoxy groups -OCH3 is 1. The van der Waals surface area contributed by atoms with Gasteiger partial charge < -0.3 is 14.8 Å². The second-order valence-corrected chi connectivity index (χ2v) is 5.31. The molecule has 1 aromatic heterocycles. The van der Waals surface area contributed by atoms with E-state index in [1.165, 1.54) is 19.3 Å². The topological polar surface area (TPSA) is 56.3 Å². The summed E-state index contributed by atoms with van der Waals surface area (Å²) < 4.78 is 11.1. The lowest BCUT2D eigenvalue weighted by atomic mass is 10.0. The first-order chi connectivity index (χ1) is 10.4. The number of hydrogen-bond acceptors (Lipinski definition) is 5. The zero-order chi connectivity index (χ0) is 14.5. The quantitative estimate of drug-likeness (QED) is 0.916. The van der Waals surface area contributed by atoms with Gasteiger partial charge in [-0.2, -0.15) is 0 Å². The number of hydrogen-bond donors (Lipinski definition) is 1. The Balaban J connectivity index is 1.67. The Hall–Kier alpha value is -1.88. The van der Waals surface area contributed by atoms with Crippen molar-refractivity contribution in [3.8, 4) is 11.8 Å². The van der Waals surface area contributed by atoms with Crippen LogP contribution in [0.3, 0.4) is 0 Å². The predicted molar refractivity (Wildman–Crippen MR) is 81.8 cm³/mol. The molecule has 5 nitrogen and oxygen atoms in total. The van der Waals surface area contributed by atoms with Crippen molar-refractivity contribution in [3.63, 3.8) is 0 Å². The molecule has 1 N–H and O–H groups in total. The van der Waals surface area contributed by atoms with Gasteiger partial charge in [0.2, 0.25) is 0 Å². The second kappa shape index (κ2) is 6.72. The Bertz CT molecular complexity index is 597. The van der Waals surface area contributed by atoms with Gasteiger partial charge in [0.05, 0.1) is 24.8 Å². The third-order valence-electron chi connectivity index (χ3n) is 3.82. The molecule has 0 unspecified atom stereocenters. The SMILES string of the molecule is COc1nc2ccccc2nc1OCC[C@H]1CCCCN1. The Morgan fingerprint density at radius 3 is 2.57 bits per heavy atom. The molecule has 112 valence electrons. The van der Waals surface area contributed by atoms with E-state index in [2.05, 4.69) is 15.3 Å². The van der Waals surface area contributed by atoms with Gasteiger partial charge in [-0.3, -0.25) is 0 Å². The molecule has 2 aromatic rings. The molecule has 0 saturated carbocycles. The standard InChI is InChI=1S/C16H21N3O2/c1-20-15-16(19-14-8-3-2-7-13(14)18-15)21-11-9-12-6-4-5-10-17-12/h2-3,7-8,12,17H,4-6,9-11H2,1H3/t12-/m1/s1. The number of rotatable bonds is 5. The summed E-state index contributed by atoms with van der Waals surface area (Å²) in [4.78, 5) is 8.93. The van der Waals surface area contributed by atoms with Crippen LogP contribution in [-0.2, 0) is 0 Å². The number of para-hydroxylation sites is 2. The van der Waals surface area contributed by atoms with Gasteiger partial charge in [-0.1, -0.05) is 18.6 Å². The van der Waals surface area contributed by atoms with Crippen LogP contribution in [0.25, 0.3) is 11.0 Å². The van der Waals surface area contributed by atoms with Crippen LogP contribution in [0.1, 0.15) is 25.7 Å². The highest BCUT2D eigenvalue weighted by molar-refractivity contribution is 5.75. The van der Waals surface area contributed by atoms with Crippen LogP contribution in [0, 0.1) is 0 Å². The van der Waals surface area contributed by atoms with Crippen LogP contribution in [0.5, 0.6) is 11.8 Å². The van der Waals surface area contributed by atoms with Crippen LogP contribution in [0.2, 0.25) is 0 Å². The smallest absolute Gasteiger partial charge is 0.278 e. The lowest BCUT2D eigenvalue weighted by molar-refractivity contribution is 0.246. The van der Waals surface area contributed by atoms with E-state index in [0.29, 0.717) is 24.4 Å². The van der Waals surface area contributed by atoms with Gasteiger partial charge in [-0.15, -0.1) is 0 Å². The third-order valence-corrected chi connectivity index (χ3v) is 3.82. The van der Waals surface area contributed by atoms with E-state index in [0.717, 1.165) is 24.0 Å². The van der Waals surface area contributed by atoms with Crippen molar-refractivity contribution in [2.45, 2.75) is 31.7 Å². The fourth-order valence-corrected chi connectivity index (χ4v) is 2.66. The fourth-order valence-electron chi connectivity index (χ4n) is 2.66. The van der Waals surface area contributed by atoms with Crippen LogP contribution < -0.4 is 14.8 Å². The van der Waals surface area contributed by atoms with E-state index < -0.39 is 0 Å². The predicted octanol–water partition coefficient (Wildman–Crippen LogP) is 2.55. The van der Waals surface area contributed by atoms with Crippen molar-refractivity contribution in [1.82, 2.24) is 15.3 Å². The summed E-state index contributed by atoms with van der Waals surface area (Å²) in [7, 11) is 1.59. The number of nitrogens with zero attached hydrogens (tertiary/aromatic N) is 2. The molecule has 1 aliphatic rings. The van der Waals surface area contributed by atoms with Crippen LogP contribution >= 0.6 is 0 Å². The molecular weight excluding hydrogens is 266 g/mol. The molecule has 0 spiro atoms. The number of benzene rings is 1. The molecule has 21 heavy (non-hydrogen) atoms. The Labute approximate surface area is 124 Å². The number of fused-ring (bicyclic) bond motifs is 1.